The van der Waals surface area contributed by atoms with E-state index in [2.05, 4.69) is 10.3 Å². The predicted molar refractivity (Wildman–Crippen MR) is 60.7 cm³/mol. The van der Waals surface area contributed by atoms with Crippen LogP contribution in [0.1, 0.15) is 5.69 Å². The topological polar surface area (TPSA) is 71.2 Å². The van der Waals surface area contributed by atoms with Crippen molar-refractivity contribution in [3.8, 4) is 0 Å². The minimum Gasteiger partial charge on any atom is -0.396 e. The molecule has 3 N–H and O–H groups in total. The van der Waals surface area contributed by atoms with Gasteiger partial charge in [0.1, 0.15) is 0 Å². The molecule has 1 amide bonds. The van der Waals surface area contributed by atoms with Crippen molar-refractivity contribution in [3.63, 3.8) is 0 Å². The van der Waals surface area contributed by atoms with Gasteiger partial charge in [-0.1, -0.05) is 0 Å². The van der Waals surface area contributed by atoms with Crippen molar-refractivity contribution in [2.75, 3.05) is 31.3 Å². The molecule has 0 unspecified atom stereocenters. The molecule has 5 nitrogen and oxygen atoms in total. The van der Waals surface area contributed by atoms with Crippen LogP contribution in [0.3, 0.4) is 0 Å². The highest BCUT2D eigenvalue weighted by molar-refractivity contribution is 5.81. The minimum atomic E-state index is -0.0693. The molecule has 0 saturated carbocycles. The fourth-order valence-electron chi connectivity index (χ4n) is 1.23. The first-order chi connectivity index (χ1) is 7.04. The highest BCUT2D eigenvalue weighted by Gasteiger charge is 2.10. The number of nitrogen functional groups attached to an aromatic ring is 1. The van der Waals surface area contributed by atoms with Gasteiger partial charge in [0.2, 0.25) is 5.91 Å². The molecule has 0 fully saturated rings. The fourth-order valence-corrected chi connectivity index (χ4v) is 1.23. The summed E-state index contributed by atoms with van der Waals surface area (Å²) in [5.74, 6) is 0.568. The summed E-state index contributed by atoms with van der Waals surface area (Å²) in [5.41, 5.74) is 7.23. The number of aromatic nitrogens is 1. The third-order valence-corrected chi connectivity index (χ3v) is 2.07. The van der Waals surface area contributed by atoms with Crippen LogP contribution in [0.4, 0.5) is 11.5 Å². The summed E-state index contributed by atoms with van der Waals surface area (Å²) in [6.45, 7) is 2.13. The molecule has 0 aliphatic heterocycles. The summed E-state index contributed by atoms with van der Waals surface area (Å²) < 4.78 is 0. The average Bonchev–Trinajstić information content (AvgIpc) is 2.21. The van der Waals surface area contributed by atoms with Crippen molar-refractivity contribution in [1.82, 2.24) is 10.3 Å². The molecule has 0 atom stereocenters. The van der Waals surface area contributed by atoms with E-state index >= 15 is 0 Å². The summed E-state index contributed by atoms with van der Waals surface area (Å²) in [7, 11) is 3.39. The van der Waals surface area contributed by atoms with Crippen molar-refractivity contribution in [3.05, 3.63) is 17.8 Å². The highest BCUT2D eigenvalue weighted by Crippen LogP contribution is 2.18. The van der Waals surface area contributed by atoms with Crippen LogP contribution in [0, 0.1) is 6.92 Å². The van der Waals surface area contributed by atoms with Gasteiger partial charge in [0.15, 0.2) is 5.82 Å². The number of hydrogen-bond acceptors (Lipinski definition) is 4. The van der Waals surface area contributed by atoms with Gasteiger partial charge in [0, 0.05) is 19.8 Å². The van der Waals surface area contributed by atoms with E-state index in [1.54, 1.807) is 25.1 Å². The predicted octanol–water partition coefficient (Wildman–Crippen LogP) is 0.154. The van der Waals surface area contributed by atoms with Crippen LogP contribution < -0.4 is 16.0 Å². The Morgan fingerprint density at radius 3 is 2.87 bits per heavy atom. The molecule has 15 heavy (non-hydrogen) atoms. The number of nitrogens with zero attached hydrogens (tertiary/aromatic N) is 2. The molecule has 0 aliphatic rings. The maximum absolute atomic E-state index is 11.2. The van der Waals surface area contributed by atoms with Gasteiger partial charge in [-0.25, -0.2) is 4.98 Å². The molecule has 1 rings (SSSR count). The summed E-state index contributed by atoms with van der Waals surface area (Å²) in [5, 5.41) is 2.55. The van der Waals surface area contributed by atoms with Crippen molar-refractivity contribution >= 4 is 17.4 Å². The third kappa shape index (κ3) is 2.83. The Hall–Kier alpha value is -1.78. The Labute approximate surface area is 89.3 Å². The van der Waals surface area contributed by atoms with Gasteiger partial charge in [0.05, 0.1) is 12.2 Å². The second-order valence-electron chi connectivity index (χ2n) is 3.39. The van der Waals surface area contributed by atoms with E-state index in [9.17, 15) is 4.79 Å². The number of likely N-dealkylation sites (N-methyl/N-ethyl adjacent to an activating group) is 2. The second kappa shape index (κ2) is 4.63. The van der Waals surface area contributed by atoms with Crippen LogP contribution >= 0.6 is 0 Å². The van der Waals surface area contributed by atoms with E-state index < -0.39 is 0 Å². The van der Waals surface area contributed by atoms with E-state index in [1.807, 2.05) is 13.0 Å². The fraction of sp³-hybridized carbons (Fsp3) is 0.400. The average molecular weight is 208 g/mol. The van der Waals surface area contributed by atoms with Crippen LogP contribution in [-0.4, -0.2) is 31.5 Å². The number of pyridine rings is 1. The lowest BCUT2D eigenvalue weighted by molar-refractivity contribution is -0.119. The molecule has 0 spiro atoms. The molecule has 0 bridgehead atoms. The molecule has 1 aromatic rings. The van der Waals surface area contributed by atoms with Crippen LogP contribution in [0.2, 0.25) is 0 Å². The Bertz CT molecular complexity index is 364. The second-order valence-corrected chi connectivity index (χ2v) is 3.39. The van der Waals surface area contributed by atoms with Gasteiger partial charge in [-0.05, 0) is 19.1 Å². The Morgan fingerprint density at radius 1 is 1.60 bits per heavy atom. The maximum atomic E-state index is 11.2. The number of rotatable bonds is 3. The van der Waals surface area contributed by atoms with Crippen molar-refractivity contribution in [1.29, 1.82) is 0 Å². The molecule has 0 aliphatic carbocycles. The zero-order valence-corrected chi connectivity index (χ0v) is 9.24. The maximum Gasteiger partial charge on any atom is 0.239 e. The molecule has 5 heteroatoms. The van der Waals surface area contributed by atoms with Crippen molar-refractivity contribution in [2.24, 2.45) is 0 Å². The number of carbonyl (C=O) groups is 1. The first-order valence-electron chi connectivity index (χ1n) is 4.69. The molecule has 0 saturated heterocycles. The van der Waals surface area contributed by atoms with E-state index in [1.165, 1.54) is 0 Å². The van der Waals surface area contributed by atoms with Gasteiger partial charge < -0.3 is 16.0 Å². The third-order valence-electron chi connectivity index (χ3n) is 2.07. The van der Waals surface area contributed by atoms with Crippen LogP contribution in [0.5, 0.6) is 0 Å². The first-order valence-corrected chi connectivity index (χ1v) is 4.69. The van der Waals surface area contributed by atoms with Crippen LogP contribution in [0.15, 0.2) is 12.1 Å². The summed E-state index contributed by atoms with van der Waals surface area (Å²) in [4.78, 5) is 17.2. The van der Waals surface area contributed by atoms with Gasteiger partial charge in [-0.2, -0.15) is 0 Å². The smallest absolute Gasteiger partial charge is 0.239 e. The summed E-state index contributed by atoms with van der Waals surface area (Å²) in [6.07, 6.45) is 0. The van der Waals surface area contributed by atoms with Gasteiger partial charge >= 0.3 is 0 Å². The number of anilines is 2. The molecular formula is C10H16N4O. The minimum absolute atomic E-state index is 0.0693. The molecule has 0 radical (unpaired) electrons. The lowest BCUT2D eigenvalue weighted by atomic mass is 10.3. The van der Waals surface area contributed by atoms with E-state index in [0.29, 0.717) is 11.5 Å². The van der Waals surface area contributed by atoms with Gasteiger partial charge in [-0.15, -0.1) is 0 Å². The number of aryl methyl sites for hydroxylation is 1. The van der Waals surface area contributed by atoms with E-state index in [0.717, 1.165) is 5.69 Å². The normalized spacial score (nSPS) is 9.80. The number of nitrogens with two attached hydrogens (primary N) is 1. The standard InChI is InChI=1S/C10H16N4O/c1-7-4-5-8(11)10(13-7)14(3)6-9(15)12-2/h4-5H,6,11H2,1-3H3,(H,12,15). The Morgan fingerprint density at radius 2 is 2.27 bits per heavy atom. The SMILES string of the molecule is CNC(=O)CN(C)c1nc(C)ccc1N. The van der Waals surface area contributed by atoms with Crippen molar-refractivity contribution in [2.45, 2.75) is 6.92 Å². The lowest BCUT2D eigenvalue weighted by Gasteiger charge is -2.19. The van der Waals surface area contributed by atoms with Gasteiger partial charge in [0.25, 0.3) is 0 Å². The summed E-state index contributed by atoms with van der Waals surface area (Å²) >= 11 is 0. The van der Waals surface area contributed by atoms with Crippen LogP contribution in [0.25, 0.3) is 0 Å². The molecule has 82 valence electrons. The molecule has 1 aromatic heterocycles. The molecule has 1 heterocycles. The number of amides is 1. The van der Waals surface area contributed by atoms with Gasteiger partial charge in [-0.3, -0.25) is 4.79 Å². The number of carbonyl (C=O) groups excluding carboxylic acids is 1. The monoisotopic (exact) mass is 208 g/mol. The number of nitrogens with one attached hydrogen (secondary N) is 1. The van der Waals surface area contributed by atoms with E-state index in [-0.39, 0.29) is 12.5 Å². The van der Waals surface area contributed by atoms with Crippen LogP contribution in [-0.2, 0) is 4.79 Å². The quantitative estimate of drug-likeness (QED) is 0.742. The summed E-state index contributed by atoms with van der Waals surface area (Å²) in [6, 6.07) is 3.63. The largest absolute Gasteiger partial charge is 0.396 e. The zero-order chi connectivity index (χ0) is 11.4. The molecular weight excluding hydrogens is 192 g/mol. The first kappa shape index (κ1) is 11.3. The Kier molecular flexibility index (Phi) is 3.49. The zero-order valence-electron chi connectivity index (χ0n) is 9.24. The highest BCUT2D eigenvalue weighted by atomic mass is 16.1. The molecule has 0 aromatic carbocycles. The number of hydrogen-bond donors (Lipinski definition) is 2. The van der Waals surface area contributed by atoms with Crippen molar-refractivity contribution < 1.29 is 4.79 Å². The lowest BCUT2D eigenvalue weighted by Crippen LogP contribution is -2.33. The Balaban J connectivity index is 2.85. The van der Waals surface area contributed by atoms with E-state index in [4.69, 9.17) is 5.73 Å².